The SMILES string of the molecule is CSCCC(NC(=O)C(Cc1ccccc1)NC(=O)C(N)CC(N)=O)C(=O)NC(CC(N)=O)C(=O)O. The van der Waals surface area contributed by atoms with Gasteiger partial charge in [-0.1, -0.05) is 30.3 Å². The van der Waals surface area contributed by atoms with Crippen LogP contribution in [0.2, 0.25) is 0 Å². The third kappa shape index (κ3) is 11.2. The Balaban J connectivity index is 3.09. The van der Waals surface area contributed by atoms with Crippen molar-refractivity contribution < 1.29 is 33.9 Å². The van der Waals surface area contributed by atoms with Crippen molar-refractivity contribution in [2.75, 3.05) is 12.0 Å². The first-order valence-corrected chi connectivity index (χ1v) is 12.3. The highest BCUT2D eigenvalue weighted by Crippen LogP contribution is 2.07. The summed E-state index contributed by atoms with van der Waals surface area (Å²) >= 11 is 1.39. The molecule has 4 atom stereocenters. The van der Waals surface area contributed by atoms with E-state index < -0.39 is 72.5 Å². The summed E-state index contributed by atoms with van der Waals surface area (Å²) in [4.78, 5) is 72.1. The van der Waals surface area contributed by atoms with Gasteiger partial charge < -0.3 is 38.3 Å². The van der Waals surface area contributed by atoms with Gasteiger partial charge in [-0.05, 0) is 24.0 Å². The first kappa shape index (κ1) is 30.4. The minimum Gasteiger partial charge on any atom is -0.480 e. The zero-order valence-corrected chi connectivity index (χ0v) is 20.6. The van der Waals surface area contributed by atoms with E-state index in [-0.39, 0.29) is 12.8 Å². The lowest BCUT2D eigenvalue weighted by atomic mass is 10.0. The molecule has 0 saturated heterocycles. The fourth-order valence-electron chi connectivity index (χ4n) is 3.10. The summed E-state index contributed by atoms with van der Waals surface area (Å²) in [7, 11) is 0. The van der Waals surface area contributed by atoms with Crippen molar-refractivity contribution in [1.29, 1.82) is 0 Å². The van der Waals surface area contributed by atoms with Crippen LogP contribution in [0.1, 0.15) is 24.8 Å². The smallest absolute Gasteiger partial charge is 0.326 e. The van der Waals surface area contributed by atoms with Crippen molar-refractivity contribution in [3.05, 3.63) is 35.9 Å². The summed E-state index contributed by atoms with van der Waals surface area (Å²) in [5.41, 5.74) is 16.5. The van der Waals surface area contributed by atoms with E-state index in [4.69, 9.17) is 17.2 Å². The number of nitrogens with two attached hydrogens (primary N) is 3. The van der Waals surface area contributed by atoms with Crippen LogP contribution in [0.15, 0.2) is 30.3 Å². The van der Waals surface area contributed by atoms with Crippen LogP contribution in [-0.4, -0.2) is 76.8 Å². The standard InChI is InChI=1S/C22H32N6O7S/c1-36-8-7-14(20(32)28-16(22(34)35)11-18(25)30)26-21(33)15(9-12-5-3-2-4-6-12)27-19(31)13(23)10-17(24)29/h2-6,13-16H,7-11,23H2,1H3,(H2,24,29)(H2,25,30)(H,26,33)(H,27,31)(H,28,32)(H,34,35). The van der Waals surface area contributed by atoms with E-state index in [9.17, 15) is 33.9 Å². The number of aliphatic carboxylic acids is 1. The molecular weight excluding hydrogens is 492 g/mol. The molecule has 0 spiro atoms. The van der Waals surface area contributed by atoms with Gasteiger partial charge in [0.05, 0.1) is 18.9 Å². The van der Waals surface area contributed by atoms with E-state index in [2.05, 4.69) is 16.0 Å². The average molecular weight is 525 g/mol. The van der Waals surface area contributed by atoms with Gasteiger partial charge in [0, 0.05) is 6.42 Å². The van der Waals surface area contributed by atoms with Crippen LogP contribution in [0.5, 0.6) is 0 Å². The number of carboxylic acid groups (broad SMARTS) is 1. The highest BCUT2D eigenvalue weighted by Gasteiger charge is 2.31. The Kier molecular flexibility index (Phi) is 13.0. The lowest BCUT2D eigenvalue weighted by Gasteiger charge is -2.25. The van der Waals surface area contributed by atoms with Crippen LogP contribution in [-0.2, 0) is 35.2 Å². The molecule has 10 N–H and O–H groups in total. The van der Waals surface area contributed by atoms with E-state index in [1.54, 1.807) is 36.6 Å². The van der Waals surface area contributed by atoms with Crippen molar-refractivity contribution in [2.24, 2.45) is 17.2 Å². The van der Waals surface area contributed by atoms with Gasteiger partial charge >= 0.3 is 5.97 Å². The minimum absolute atomic E-state index is 0.0397. The van der Waals surface area contributed by atoms with Crippen LogP contribution in [0.3, 0.4) is 0 Å². The molecule has 198 valence electrons. The second-order valence-corrected chi connectivity index (χ2v) is 8.93. The number of hydrogen-bond acceptors (Lipinski definition) is 8. The van der Waals surface area contributed by atoms with Crippen LogP contribution < -0.4 is 33.2 Å². The molecule has 4 unspecified atom stereocenters. The number of hydrogen-bond donors (Lipinski definition) is 7. The van der Waals surface area contributed by atoms with E-state index in [0.717, 1.165) is 0 Å². The molecule has 0 bridgehead atoms. The number of primary amides is 2. The lowest BCUT2D eigenvalue weighted by Crippen LogP contribution is -2.58. The summed E-state index contributed by atoms with van der Waals surface area (Å²) < 4.78 is 0. The van der Waals surface area contributed by atoms with Gasteiger partial charge in [0.2, 0.25) is 29.5 Å². The van der Waals surface area contributed by atoms with Crippen molar-refractivity contribution in [3.63, 3.8) is 0 Å². The van der Waals surface area contributed by atoms with Crippen molar-refractivity contribution in [3.8, 4) is 0 Å². The highest BCUT2D eigenvalue weighted by molar-refractivity contribution is 7.98. The maximum Gasteiger partial charge on any atom is 0.326 e. The second kappa shape index (κ2) is 15.4. The molecule has 1 aromatic carbocycles. The fourth-order valence-corrected chi connectivity index (χ4v) is 3.57. The number of amides is 5. The second-order valence-electron chi connectivity index (χ2n) is 7.94. The van der Waals surface area contributed by atoms with Gasteiger partial charge in [0.1, 0.15) is 18.1 Å². The van der Waals surface area contributed by atoms with Gasteiger partial charge in [0.15, 0.2) is 0 Å². The minimum atomic E-state index is -1.57. The third-order valence-electron chi connectivity index (χ3n) is 4.94. The fraction of sp³-hybridized carbons (Fsp3) is 0.455. The quantitative estimate of drug-likeness (QED) is 0.122. The van der Waals surface area contributed by atoms with Gasteiger partial charge in [-0.2, -0.15) is 11.8 Å². The van der Waals surface area contributed by atoms with Crippen molar-refractivity contribution >= 4 is 47.3 Å². The summed E-state index contributed by atoms with van der Waals surface area (Å²) in [6.07, 6.45) is 0.894. The number of thioether (sulfide) groups is 1. The van der Waals surface area contributed by atoms with Crippen LogP contribution in [0, 0.1) is 0 Å². The largest absolute Gasteiger partial charge is 0.480 e. The van der Waals surface area contributed by atoms with E-state index in [1.165, 1.54) is 11.8 Å². The zero-order chi connectivity index (χ0) is 27.3. The predicted molar refractivity (Wildman–Crippen MR) is 132 cm³/mol. The Labute approximate surface area is 212 Å². The number of carbonyl (C=O) groups is 6. The maximum atomic E-state index is 13.2. The Bertz CT molecular complexity index is 946. The average Bonchev–Trinajstić information content (AvgIpc) is 2.80. The molecule has 1 rings (SSSR count). The molecule has 0 aliphatic rings. The topological polar surface area (TPSA) is 237 Å². The van der Waals surface area contributed by atoms with Gasteiger partial charge in [0.25, 0.3) is 0 Å². The third-order valence-corrected chi connectivity index (χ3v) is 5.58. The number of rotatable bonds is 16. The Hall–Kier alpha value is -3.65. The lowest BCUT2D eigenvalue weighted by molar-refractivity contribution is -0.143. The maximum absolute atomic E-state index is 13.2. The Morgan fingerprint density at radius 1 is 0.833 bits per heavy atom. The molecule has 5 amide bonds. The summed E-state index contributed by atoms with van der Waals surface area (Å²) in [6, 6.07) is 3.51. The number of carboxylic acids is 1. The monoisotopic (exact) mass is 524 g/mol. The van der Waals surface area contributed by atoms with E-state index >= 15 is 0 Å². The van der Waals surface area contributed by atoms with Gasteiger partial charge in [-0.3, -0.25) is 24.0 Å². The summed E-state index contributed by atoms with van der Waals surface area (Å²) in [5, 5.41) is 16.5. The Morgan fingerprint density at radius 3 is 1.89 bits per heavy atom. The highest BCUT2D eigenvalue weighted by atomic mass is 32.2. The molecule has 0 aromatic heterocycles. The molecule has 0 aliphatic heterocycles. The number of nitrogens with one attached hydrogen (secondary N) is 3. The Morgan fingerprint density at radius 2 is 1.36 bits per heavy atom. The molecule has 1 aromatic rings. The first-order valence-electron chi connectivity index (χ1n) is 10.9. The molecule has 0 radical (unpaired) electrons. The molecule has 36 heavy (non-hydrogen) atoms. The van der Waals surface area contributed by atoms with E-state index in [0.29, 0.717) is 11.3 Å². The van der Waals surface area contributed by atoms with Crippen molar-refractivity contribution in [2.45, 2.75) is 49.9 Å². The van der Waals surface area contributed by atoms with Crippen LogP contribution in [0.4, 0.5) is 0 Å². The normalized spacial score (nSPS) is 13.9. The van der Waals surface area contributed by atoms with E-state index in [1.807, 2.05) is 0 Å². The molecule has 0 saturated carbocycles. The molecule has 0 fully saturated rings. The molecule has 14 heteroatoms. The molecular formula is C22H32N6O7S. The summed E-state index contributed by atoms with van der Waals surface area (Å²) in [6.45, 7) is 0. The summed E-state index contributed by atoms with van der Waals surface area (Å²) in [5.74, 6) is -5.10. The zero-order valence-electron chi connectivity index (χ0n) is 19.8. The number of carbonyl (C=O) groups excluding carboxylic acids is 5. The molecule has 0 heterocycles. The first-order chi connectivity index (χ1) is 16.9. The van der Waals surface area contributed by atoms with Crippen LogP contribution in [0.25, 0.3) is 0 Å². The molecule has 0 aliphatic carbocycles. The van der Waals surface area contributed by atoms with Crippen molar-refractivity contribution in [1.82, 2.24) is 16.0 Å². The van der Waals surface area contributed by atoms with Gasteiger partial charge in [-0.15, -0.1) is 0 Å². The molecule has 13 nitrogen and oxygen atoms in total. The predicted octanol–water partition coefficient (Wildman–Crippen LogP) is -2.40. The number of benzene rings is 1. The van der Waals surface area contributed by atoms with Crippen LogP contribution >= 0.6 is 11.8 Å². The van der Waals surface area contributed by atoms with Gasteiger partial charge in [-0.25, -0.2) is 4.79 Å².